The first-order valence-electron chi connectivity index (χ1n) is 17.2. The van der Waals surface area contributed by atoms with Crippen LogP contribution in [0.15, 0.2) is 158 Å². The maximum Gasteiger partial charge on any atom is 0.166 e. The van der Waals surface area contributed by atoms with Gasteiger partial charge in [-0.3, -0.25) is 0 Å². The third-order valence-electron chi connectivity index (χ3n) is 9.92. The lowest BCUT2D eigenvalue weighted by molar-refractivity contribution is 1.08. The fraction of sp³-hybridized carbons (Fsp3) is 0. The molecule has 52 heavy (non-hydrogen) atoms. The summed E-state index contributed by atoms with van der Waals surface area (Å²) in [6.07, 6.45) is 0. The first-order chi connectivity index (χ1) is 25.7. The minimum Gasteiger partial charge on any atom is -0.236 e. The highest BCUT2D eigenvalue weighted by Gasteiger charge is 2.23. The molecule has 0 saturated carbocycles. The summed E-state index contributed by atoms with van der Waals surface area (Å²) in [5, 5.41) is 10.3. The largest absolute Gasteiger partial charge is 0.236 e. The molecule has 0 atom stereocenters. The summed E-state index contributed by atoms with van der Waals surface area (Å²) in [6, 6.07) is 55.5. The van der Waals surface area contributed by atoms with Gasteiger partial charge in [-0.15, -0.1) is 22.7 Å². The molecular weight excluding hydrogens is 673 g/mol. The lowest BCUT2D eigenvalue weighted by Crippen LogP contribution is -2.01. The molecule has 0 N–H and O–H groups in total. The van der Waals surface area contributed by atoms with Crippen LogP contribution in [0.3, 0.4) is 0 Å². The third kappa shape index (κ3) is 4.65. The van der Waals surface area contributed by atoms with Crippen LogP contribution in [0.1, 0.15) is 0 Å². The van der Waals surface area contributed by atoms with Crippen molar-refractivity contribution in [3.63, 3.8) is 0 Å². The fourth-order valence-electron chi connectivity index (χ4n) is 7.49. The van der Waals surface area contributed by atoms with Crippen LogP contribution in [0.5, 0.6) is 0 Å². The molecule has 3 aromatic heterocycles. The lowest BCUT2D eigenvalue weighted by Gasteiger charge is -2.13. The lowest BCUT2D eigenvalue weighted by atomic mass is 9.96. The zero-order chi connectivity index (χ0) is 34.2. The highest BCUT2D eigenvalue weighted by Crippen LogP contribution is 2.47. The molecule has 11 rings (SSSR count). The van der Waals surface area contributed by atoms with Crippen LogP contribution in [0.25, 0.3) is 107 Å². The molecule has 11 aromatic rings. The smallest absolute Gasteiger partial charge is 0.166 e. The third-order valence-corrected chi connectivity index (χ3v) is 12.2. The molecular formula is C46H26N4S2. The van der Waals surface area contributed by atoms with E-state index in [9.17, 15) is 0 Å². The zero-order valence-corrected chi connectivity index (χ0v) is 29.2. The predicted octanol–water partition coefficient (Wildman–Crippen LogP) is 13.0. The van der Waals surface area contributed by atoms with Gasteiger partial charge in [-0.1, -0.05) is 133 Å². The Morgan fingerprint density at radius 3 is 1.92 bits per heavy atom. The van der Waals surface area contributed by atoms with E-state index in [1.807, 2.05) is 6.07 Å². The average molecular weight is 699 g/mol. The van der Waals surface area contributed by atoms with E-state index in [-0.39, 0.29) is 0 Å². The zero-order valence-electron chi connectivity index (χ0n) is 27.6. The van der Waals surface area contributed by atoms with Crippen LogP contribution in [-0.2, 0) is 0 Å². The molecule has 8 aromatic carbocycles. The number of hydrogen-bond donors (Lipinski definition) is 0. The van der Waals surface area contributed by atoms with Gasteiger partial charge in [0.1, 0.15) is 5.01 Å². The minimum atomic E-state index is 0.639. The van der Waals surface area contributed by atoms with E-state index in [4.69, 9.17) is 19.9 Å². The van der Waals surface area contributed by atoms with E-state index in [2.05, 4.69) is 152 Å². The number of hydrogen-bond acceptors (Lipinski definition) is 6. The summed E-state index contributed by atoms with van der Waals surface area (Å²) >= 11 is 3.49. The second-order valence-electron chi connectivity index (χ2n) is 13.0. The summed E-state index contributed by atoms with van der Waals surface area (Å²) in [4.78, 5) is 21.3. The van der Waals surface area contributed by atoms with Gasteiger partial charge in [-0.2, -0.15) is 0 Å². The van der Waals surface area contributed by atoms with Crippen molar-refractivity contribution < 1.29 is 0 Å². The van der Waals surface area contributed by atoms with Gasteiger partial charge in [0.15, 0.2) is 17.5 Å². The number of thiazole rings is 1. The molecule has 0 fully saturated rings. The fourth-order valence-corrected chi connectivity index (χ4v) is 9.74. The molecule has 3 heterocycles. The van der Waals surface area contributed by atoms with Crippen LogP contribution in [0.4, 0.5) is 0 Å². The molecule has 0 aliphatic rings. The molecule has 242 valence electrons. The summed E-state index contributed by atoms with van der Waals surface area (Å²) < 4.78 is 3.46. The number of rotatable bonds is 4. The van der Waals surface area contributed by atoms with Crippen molar-refractivity contribution in [2.45, 2.75) is 0 Å². The standard InChI is InChI=1S/C46H26N4S2/c1-2-13-28(14-3-1)46-47-37-26-39-40(35-20-10-11-21-38(35)51-39)41(42(37)52-46)45-49-43(31-23-22-27-12-4-5-15-29(27)24-31)48-44(50-45)36-25-30-16-6-7-17-32(30)33-18-8-9-19-34(33)36/h1-26H. The molecule has 0 aliphatic carbocycles. The van der Waals surface area contributed by atoms with Crippen LogP contribution >= 0.6 is 22.7 Å². The molecule has 0 radical (unpaired) electrons. The Morgan fingerprint density at radius 1 is 0.385 bits per heavy atom. The van der Waals surface area contributed by atoms with Gasteiger partial charge in [0.05, 0.1) is 10.2 Å². The van der Waals surface area contributed by atoms with Gasteiger partial charge in [0.25, 0.3) is 0 Å². The maximum atomic E-state index is 5.45. The highest BCUT2D eigenvalue weighted by atomic mass is 32.1. The van der Waals surface area contributed by atoms with Gasteiger partial charge in [0.2, 0.25) is 0 Å². The summed E-state index contributed by atoms with van der Waals surface area (Å²) in [5.74, 6) is 1.93. The molecule has 0 saturated heterocycles. The predicted molar refractivity (Wildman–Crippen MR) is 220 cm³/mol. The van der Waals surface area contributed by atoms with Crippen LogP contribution in [0, 0.1) is 0 Å². The number of benzene rings is 8. The molecule has 0 amide bonds. The molecule has 6 heteroatoms. The van der Waals surface area contributed by atoms with Crippen molar-refractivity contribution in [3.05, 3.63) is 158 Å². The first kappa shape index (κ1) is 29.4. The van der Waals surface area contributed by atoms with E-state index in [0.717, 1.165) is 59.0 Å². The summed E-state index contributed by atoms with van der Waals surface area (Å²) in [6.45, 7) is 0. The SMILES string of the molecule is c1ccc(-c2nc3cc4sc5ccccc5c4c(-c4nc(-c5ccc6ccccc6c5)nc(-c5cc6ccccc6c6ccccc56)n4)c3s2)cc1. The topological polar surface area (TPSA) is 51.6 Å². The van der Waals surface area contributed by atoms with Crippen molar-refractivity contribution >= 4 is 85.4 Å². The van der Waals surface area contributed by atoms with Gasteiger partial charge in [-0.05, 0) is 56.6 Å². The monoisotopic (exact) mass is 698 g/mol. The van der Waals surface area contributed by atoms with E-state index in [0.29, 0.717) is 17.5 Å². The van der Waals surface area contributed by atoms with Crippen LogP contribution in [-0.4, -0.2) is 19.9 Å². The molecule has 0 spiro atoms. The van der Waals surface area contributed by atoms with Crippen molar-refractivity contribution in [3.8, 4) is 44.7 Å². The number of fused-ring (bicyclic) bond motifs is 8. The Morgan fingerprint density at radius 2 is 1.06 bits per heavy atom. The Balaban J connectivity index is 1.27. The molecule has 0 aliphatic heterocycles. The van der Waals surface area contributed by atoms with Crippen molar-refractivity contribution in [1.29, 1.82) is 0 Å². The molecule has 0 bridgehead atoms. The number of aromatic nitrogens is 4. The van der Waals surface area contributed by atoms with Gasteiger partial charge >= 0.3 is 0 Å². The molecule has 4 nitrogen and oxygen atoms in total. The normalized spacial score (nSPS) is 11.8. The Bertz CT molecular complexity index is 3200. The van der Waals surface area contributed by atoms with Gasteiger partial charge < -0.3 is 0 Å². The van der Waals surface area contributed by atoms with Crippen LogP contribution in [0.2, 0.25) is 0 Å². The Kier molecular flexibility index (Phi) is 6.56. The second kappa shape index (κ2) is 11.6. The van der Waals surface area contributed by atoms with E-state index in [1.54, 1.807) is 22.7 Å². The highest BCUT2D eigenvalue weighted by molar-refractivity contribution is 7.26. The minimum absolute atomic E-state index is 0.639. The van der Waals surface area contributed by atoms with E-state index >= 15 is 0 Å². The van der Waals surface area contributed by atoms with E-state index in [1.165, 1.54) is 30.9 Å². The van der Waals surface area contributed by atoms with Crippen molar-refractivity contribution in [1.82, 2.24) is 19.9 Å². The maximum absolute atomic E-state index is 5.45. The van der Waals surface area contributed by atoms with Crippen molar-refractivity contribution in [2.75, 3.05) is 0 Å². The van der Waals surface area contributed by atoms with Gasteiger partial charge in [-0.25, -0.2) is 19.9 Å². The Hall–Kier alpha value is -6.34. The van der Waals surface area contributed by atoms with Crippen molar-refractivity contribution in [2.24, 2.45) is 0 Å². The summed E-state index contributed by atoms with van der Waals surface area (Å²) in [7, 11) is 0. The number of thiophene rings is 1. The van der Waals surface area contributed by atoms with Gasteiger partial charge in [0, 0.05) is 42.4 Å². The molecule has 0 unspecified atom stereocenters. The first-order valence-corrected chi connectivity index (χ1v) is 18.9. The quantitative estimate of drug-likeness (QED) is 0.172. The number of nitrogens with zero attached hydrogens (tertiary/aromatic N) is 4. The van der Waals surface area contributed by atoms with E-state index < -0.39 is 0 Å². The Labute approximate surface area is 306 Å². The van der Waals surface area contributed by atoms with Crippen LogP contribution < -0.4 is 0 Å². The summed E-state index contributed by atoms with van der Waals surface area (Å²) in [5.41, 5.74) is 4.97. The second-order valence-corrected chi connectivity index (χ2v) is 15.1. The average Bonchev–Trinajstić information content (AvgIpc) is 3.81.